The van der Waals surface area contributed by atoms with E-state index in [1.54, 1.807) is 11.0 Å². The fourth-order valence-electron chi connectivity index (χ4n) is 5.32. The monoisotopic (exact) mass is 518 g/mol. The Labute approximate surface area is 213 Å². The van der Waals surface area contributed by atoms with Gasteiger partial charge < -0.3 is 15.3 Å². The van der Waals surface area contributed by atoms with Crippen molar-refractivity contribution in [3.63, 3.8) is 0 Å². The van der Waals surface area contributed by atoms with Gasteiger partial charge in [0.15, 0.2) is 0 Å². The molecule has 6 nitrogen and oxygen atoms in total. The minimum absolute atomic E-state index is 0.140. The number of likely N-dealkylation sites (tertiary alicyclic amines) is 1. The van der Waals surface area contributed by atoms with Crippen LogP contribution in [0.4, 0.5) is 28.0 Å². The summed E-state index contributed by atoms with van der Waals surface area (Å²) in [4.78, 5) is 17.0. The van der Waals surface area contributed by atoms with E-state index in [1.807, 2.05) is 23.1 Å². The topological polar surface area (TPSA) is 79.6 Å². The quantitative estimate of drug-likeness (QED) is 0.506. The molecule has 0 aromatic heterocycles. The first-order valence-corrected chi connectivity index (χ1v) is 12.5. The molecule has 1 saturated heterocycles. The molecule has 1 saturated carbocycles. The van der Waals surface area contributed by atoms with E-state index in [2.05, 4.69) is 11.4 Å². The number of benzene rings is 2. The molecule has 198 valence electrons. The van der Waals surface area contributed by atoms with Gasteiger partial charge in [0.2, 0.25) is 0 Å². The van der Waals surface area contributed by atoms with Crippen molar-refractivity contribution in [1.82, 2.24) is 9.80 Å². The summed E-state index contributed by atoms with van der Waals surface area (Å²) < 4.78 is 53.3. The van der Waals surface area contributed by atoms with Crippen molar-refractivity contribution in [2.75, 3.05) is 31.5 Å². The van der Waals surface area contributed by atoms with E-state index in [4.69, 9.17) is 0 Å². The van der Waals surface area contributed by atoms with Gasteiger partial charge in [0, 0.05) is 37.9 Å². The number of nitrogens with one attached hydrogen (secondary N) is 1. The van der Waals surface area contributed by atoms with Crippen LogP contribution in [0.15, 0.2) is 42.5 Å². The smallest absolute Gasteiger partial charge is 0.392 e. The van der Waals surface area contributed by atoms with Gasteiger partial charge in [-0.1, -0.05) is 12.1 Å². The highest BCUT2D eigenvalue weighted by molar-refractivity contribution is 5.89. The average molecular weight is 519 g/mol. The molecule has 2 fully saturated rings. The van der Waals surface area contributed by atoms with Gasteiger partial charge in [0.05, 0.1) is 23.3 Å². The molecule has 4 rings (SSSR count). The Hall–Kier alpha value is -3.16. The third-order valence-electron chi connectivity index (χ3n) is 7.27. The molecule has 10 heteroatoms. The average Bonchev–Trinajstić information content (AvgIpc) is 3.28. The van der Waals surface area contributed by atoms with E-state index in [-0.39, 0.29) is 17.6 Å². The summed E-state index contributed by atoms with van der Waals surface area (Å²) in [6.45, 7) is 2.07. The van der Waals surface area contributed by atoms with Gasteiger partial charge in [0.1, 0.15) is 5.82 Å². The lowest BCUT2D eigenvalue weighted by Crippen LogP contribution is -2.47. The number of hydrogen-bond acceptors (Lipinski definition) is 4. The minimum atomic E-state index is -4.74. The first-order chi connectivity index (χ1) is 17.6. The molecular weight excluding hydrogens is 488 g/mol. The summed E-state index contributed by atoms with van der Waals surface area (Å²) in [5.41, 5.74) is 0.266. The molecule has 37 heavy (non-hydrogen) atoms. The number of alkyl halides is 3. The van der Waals surface area contributed by atoms with Crippen molar-refractivity contribution in [3.05, 3.63) is 65.0 Å². The van der Waals surface area contributed by atoms with Crippen LogP contribution in [-0.2, 0) is 6.18 Å². The van der Waals surface area contributed by atoms with Crippen molar-refractivity contribution in [3.8, 4) is 6.07 Å². The number of nitriles is 1. The maximum atomic E-state index is 13.9. The molecule has 2 N–H and O–H groups in total. The summed E-state index contributed by atoms with van der Waals surface area (Å²) in [7, 11) is 0. The van der Waals surface area contributed by atoms with Gasteiger partial charge in [0.25, 0.3) is 0 Å². The summed E-state index contributed by atoms with van der Waals surface area (Å²) >= 11 is 0. The van der Waals surface area contributed by atoms with Crippen LogP contribution in [-0.4, -0.2) is 59.3 Å². The zero-order chi connectivity index (χ0) is 26.6. The third kappa shape index (κ3) is 6.99. The number of aliphatic hydroxyl groups is 1. The van der Waals surface area contributed by atoms with Crippen LogP contribution in [0.3, 0.4) is 0 Å². The van der Waals surface area contributed by atoms with Crippen molar-refractivity contribution in [2.45, 2.75) is 56.3 Å². The van der Waals surface area contributed by atoms with Gasteiger partial charge in [-0.2, -0.15) is 18.4 Å². The largest absolute Gasteiger partial charge is 0.416 e. The Morgan fingerprint density at radius 3 is 2.54 bits per heavy atom. The number of nitrogens with zero attached hydrogens (tertiary/aromatic N) is 3. The number of hydrogen-bond donors (Lipinski definition) is 2. The van der Waals surface area contributed by atoms with E-state index in [0.717, 1.165) is 30.5 Å². The lowest BCUT2D eigenvalue weighted by molar-refractivity contribution is -0.137. The number of anilines is 1. The molecule has 2 aromatic carbocycles. The Morgan fingerprint density at radius 1 is 1.14 bits per heavy atom. The number of aliphatic hydroxyl groups excluding tert-OH is 1. The molecule has 2 amide bonds. The van der Waals surface area contributed by atoms with Crippen LogP contribution >= 0.6 is 0 Å². The fourth-order valence-corrected chi connectivity index (χ4v) is 5.32. The van der Waals surface area contributed by atoms with E-state index >= 15 is 0 Å². The van der Waals surface area contributed by atoms with Crippen molar-refractivity contribution < 1.29 is 27.5 Å². The second kappa shape index (κ2) is 11.5. The molecule has 1 atom stereocenters. The van der Waals surface area contributed by atoms with Gasteiger partial charge in [-0.15, -0.1) is 0 Å². The Balaban J connectivity index is 1.47. The van der Waals surface area contributed by atoms with Crippen molar-refractivity contribution in [1.29, 1.82) is 5.26 Å². The Kier molecular flexibility index (Phi) is 8.35. The molecule has 2 aliphatic rings. The molecular formula is C27H30F4N4O2. The maximum Gasteiger partial charge on any atom is 0.416 e. The van der Waals surface area contributed by atoms with E-state index in [0.29, 0.717) is 57.1 Å². The zero-order valence-electron chi connectivity index (χ0n) is 20.3. The molecule has 1 aliphatic carbocycles. The normalized spacial score (nSPS) is 22.4. The number of β-amino-alcohol motifs (C(OH)–C–C–N with tert-alkyl or cyclic N) is 1. The van der Waals surface area contributed by atoms with Gasteiger partial charge >= 0.3 is 12.2 Å². The predicted octanol–water partition coefficient (Wildman–Crippen LogP) is 5.34. The first kappa shape index (κ1) is 26.9. The number of urea groups is 1. The van der Waals surface area contributed by atoms with Crippen LogP contribution in [0.1, 0.15) is 54.7 Å². The third-order valence-corrected chi connectivity index (χ3v) is 7.27. The second-order valence-corrected chi connectivity index (χ2v) is 9.84. The second-order valence-electron chi connectivity index (χ2n) is 9.84. The summed E-state index contributed by atoms with van der Waals surface area (Å²) in [5.74, 6) is -0.830. The number of amides is 2. The zero-order valence-corrected chi connectivity index (χ0v) is 20.3. The lowest BCUT2D eigenvalue weighted by Gasteiger charge is -2.38. The molecule has 0 spiro atoms. The number of carbonyl (C=O) groups excluding carboxylic acids is 1. The standard InChI is InChI=1S/C27H30F4N4O2/c28-22-13-21(27(29,30)31)14-23(15-22)33-26(37)35(11-10-34-9-8-25(36)17-34)24-6-4-19(5-7-24)20-3-1-2-18(12-20)16-32/h1-3,12-15,19,24-25,36H,4-11,17H2,(H,33,37)/t19-,24+,25-/m1/s1. The number of rotatable bonds is 6. The van der Waals surface area contributed by atoms with Gasteiger partial charge in [-0.25, -0.2) is 9.18 Å². The van der Waals surface area contributed by atoms with Crippen LogP contribution in [0, 0.1) is 17.1 Å². The van der Waals surface area contributed by atoms with Gasteiger partial charge in [-0.05, 0) is 73.9 Å². The van der Waals surface area contributed by atoms with Crippen LogP contribution in [0.25, 0.3) is 0 Å². The van der Waals surface area contributed by atoms with E-state index < -0.39 is 29.7 Å². The summed E-state index contributed by atoms with van der Waals surface area (Å²) in [5, 5.41) is 21.5. The molecule has 0 radical (unpaired) electrons. The summed E-state index contributed by atoms with van der Waals surface area (Å²) in [6.07, 6.45) is -1.52. The van der Waals surface area contributed by atoms with Crippen LogP contribution in [0.2, 0.25) is 0 Å². The highest BCUT2D eigenvalue weighted by Crippen LogP contribution is 2.36. The molecule has 1 heterocycles. The minimum Gasteiger partial charge on any atom is -0.392 e. The summed E-state index contributed by atoms with van der Waals surface area (Å²) in [6, 6.07) is 10.9. The maximum absolute atomic E-state index is 13.9. The molecule has 1 aliphatic heterocycles. The van der Waals surface area contributed by atoms with E-state index in [9.17, 15) is 32.7 Å². The van der Waals surface area contributed by atoms with Gasteiger partial charge in [-0.3, -0.25) is 4.90 Å². The van der Waals surface area contributed by atoms with Crippen molar-refractivity contribution >= 4 is 11.7 Å². The highest BCUT2D eigenvalue weighted by Gasteiger charge is 2.33. The molecule has 2 aromatic rings. The Bertz CT molecular complexity index is 1140. The first-order valence-electron chi connectivity index (χ1n) is 12.5. The lowest BCUT2D eigenvalue weighted by atomic mass is 9.81. The Morgan fingerprint density at radius 2 is 1.89 bits per heavy atom. The fraction of sp³-hybridized carbons (Fsp3) is 0.481. The number of halogens is 4. The van der Waals surface area contributed by atoms with Crippen molar-refractivity contribution in [2.24, 2.45) is 0 Å². The molecule has 0 unspecified atom stereocenters. The molecule has 0 bridgehead atoms. The highest BCUT2D eigenvalue weighted by atomic mass is 19.4. The predicted molar refractivity (Wildman–Crippen MR) is 130 cm³/mol. The van der Waals surface area contributed by atoms with Crippen LogP contribution < -0.4 is 5.32 Å². The SMILES string of the molecule is N#Cc1cccc([C@H]2CC[C@@H](N(CCN3CC[C@@H](O)C3)C(=O)Nc3cc(F)cc(C(F)(F)F)c3)CC2)c1. The van der Waals surface area contributed by atoms with E-state index in [1.165, 1.54) is 0 Å². The van der Waals surface area contributed by atoms with Crippen LogP contribution in [0.5, 0.6) is 0 Å². The number of carbonyl (C=O) groups is 1.